The second-order valence-electron chi connectivity index (χ2n) is 6.42. The second kappa shape index (κ2) is 6.88. The minimum Gasteiger partial charge on any atom is -0.335 e. The molecule has 0 saturated carbocycles. The van der Waals surface area contributed by atoms with Crippen LogP contribution in [0.2, 0.25) is 0 Å². The maximum atomic E-state index is 12.1. The molecule has 0 aromatic heterocycles. The summed E-state index contributed by atoms with van der Waals surface area (Å²) in [4.78, 5) is 12.1. The third-order valence-corrected chi connectivity index (χ3v) is 5.56. The second-order valence-corrected chi connectivity index (χ2v) is 8.40. The van der Waals surface area contributed by atoms with Crippen molar-refractivity contribution in [1.82, 2.24) is 9.62 Å². The zero-order valence-corrected chi connectivity index (χ0v) is 14.9. The number of benzene rings is 1. The number of carbonyl (C=O) groups excluding carboxylic acids is 1. The first-order chi connectivity index (χ1) is 10.7. The van der Waals surface area contributed by atoms with Gasteiger partial charge in [-0.05, 0) is 36.5 Å². The number of amides is 2. The van der Waals surface area contributed by atoms with Crippen LogP contribution in [0.25, 0.3) is 0 Å². The predicted octanol–water partition coefficient (Wildman–Crippen LogP) is 2.17. The van der Waals surface area contributed by atoms with E-state index in [1.807, 2.05) is 25.1 Å². The molecular formula is C16H25N3O3S. The van der Waals surface area contributed by atoms with Gasteiger partial charge in [0.1, 0.15) is 0 Å². The first-order valence-electron chi connectivity index (χ1n) is 7.82. The van der Waals surface area contributed by atoms with E-state index in [2.05, 4.69) is 24.5 Å². The van der Waals surface area contributed by atoms with Gasteiger partial charge < -0.3 is 10.6 Å². The molecule has 2 N–H and O–H groups in total. The quantitative estimate of drug-likeness (QED) is 0.882. The molecule has 0 radical (unpaired) electrons. The molecular weight excluding hydrogens is 314 g/mol. The fourth-order valence-corrected chi connectivity index (χ4v) is 3.31. The van der Waals surface area contributed by atoms with Crippen molar-refractivity contribution >= 4 is 21.7 Å². The Labute approximate surface area is 138 Å². The molecule has 7 heteroatoms. The average molecular weight is 339 g/mol. The number of urea groups is 1. The average Bonchev–Trinajstić information content (AvgIpc) is 2.45. The minimum atomic E-state index is -3.20. The Morgan fingerprint density at radius 1 is 1.26 bits per heavy atom. The van der Waals surface area contributed by atoms with Gasteiger partial charge in [-0.3, -0.25) is 0 Å². The third-order valence-electron chi connectivity index (χ3n) is 4.31. The first-order valence-corrected chi connectivity index (χ1v) is 9.66. The van der Waals surface area contributed by atoms with Crippen LogP contribution in [0.3, 0.4) is 0 Å². The van der Waals surface area contributed by atoms with E-state index in [0.717, 1.165) is 16.8 Å². The van der Waals surface area contributed by atoms with E-state index in [1.165, 1.54) is 10.6 Å². The lowest BCUT2D eigenvalue weighted by Crippen LogP contribution is -2.39. The van der Waals surface area contributed by atoms with Gasteiger partial charge in [-0.1, -0.05) is 26.0 Å². The highest BCUT2D eigenvalue weighted by Gasteiger charge is 2.25. The highest BCUT2D eigenvalue weighted by Crippen LogP contribution is 2.27. The monoisotopic (exact) mass is 339 g/mol. The number of fused-ring (bicyclic) bond motifs is 1. The van der Waals surface area contributed by atoms with Gasteiger partial charge in [0.2, 0.25) is 10.0 Å². The molecule has 0 spiro atoms. The number of rotatable bonds is 4. The summed E-state index contributed by atoms with van der Waals surface area (Å²) in [6.45, 7) is 6.86. The number of sulfonamides is 1. The topological polar surface area (TPSA) is 78.5 Å². The van der Waals surface area contributed by atoms with E-state index in [9.17, 15) is 13.2 Å². The fraction of sp³-hybridized carbons (Fsp3) is 0.562. The lowest BCUT2D eigenvalue weighted by atomic mass is 9.99. The molecule has 1 aliphatic heterocycles. The van der Waals surface area contributed by atoms with Crippen molar-refractivity contribution in [3.05, 3.63) is 29.3 Å². The minimum absolute atomic E-state index is 0.0789. The van der Waals surface area contributed by atoms with Crippen LogP contribution < -0.4 is 10.6 Å². The summed E-state index contributed by atoms with van der Waals surface area (Å²) < 4.78 is 24.8. The van der Waals surface area contributed by atoms with Crippen LogP contribution in [0.5, 0.6) is 0 Å². The molecule has 1 heterocycles. The summed E-state index contributed by atoms with van der Waals surface area (Å²) >= 11 is 0. The highest BCUT2D eigenvalue weighted by molar-refractivity contribution is 7.88. The number of anilines is 1. The van der Waals surface area contributed by atoms with Crippen LogP contribution in [0.4, 0.5) is 10.5 Å². The number of hydrogen-bond acceptors (Lipinski definition) is 3. The van der Waals surface area contributed by atoms with Gasteiger partial charge in [0.05, 0.1) is 6.26 Å². The van der Waals surface area contributed by atoms with Gasteiger partial charge in [-0.2, -0.15) is 4.31 Å². The molecule has 1 aromatic carbocycles. The number of nitrogens with one attached hydrogen (secondary N) is 2. The van der Waals surface area contributed by atoms with Gasteiger partial charge in [0.15, 0.2) is 0 Å². The number of hydrogen-bond donors (Lipinski definition) is 2. The van der Waals surface area contributed by atoms with E-state index in [1.54, 1.807) is 0 Å². The van der Waals surface area contributed by atoms with Crippen LogP contribution in [0, 0.1) is 5.92 Å². The third kappa shape index (κ3) is 4.45. The molecule has 23 heavy (non-hydrogen) atoms. The normalized spacial score (nSPS) is 16.7. The van der Waals surface area contributed by atoms with E-state index < -0.39 is 10.0 Å². The van der Waals surface area contributed by atoms with Crippen molar-refractivity contribution in [1.29, 1.82) is 0 Å². The van der Waals surface area contributed by atoms with Crippen molar-refractivity contribution < 1.29 is 13.2 Å². The van der Waals surface area contributed by atoms with E-state index in [0.29, 0.717) is 25.4 Å². The van der Waals surface area contributed by atoms with Crippen molar-refractivity contribution in [3.63, 3.8) is 0 Å². The molecule has 1 aromatic rings. The Hall–Kier alpha value is -1.60. The molecule has 2 amide bonds. The Morgan fingerprint density at radius 2 is 1.96 bits per heavy atom. The Balaban J connectivity index is 2.13. The van der Waals surface area contributed by atoms with Gasteiger partial charge in [0, 0.05) is 24.8 Å². The maximum Gasteiger partial charge on any atom is 0.319 e. The van der Waals surface area contributed by atoms with Crippen molar-refractivity contribution in [2.24, 2.45) is 5.92 Å². The maximum absolute atomic E-state index is 12.1. The van der Waals surface area contributed by atoms with Gasteiger partial charge >= 0.3 is 6.03 Å². The van der Waals surface area contributed by atoms with Crippen molar-refractivity contribution in [3.8, 4) is 0 Å². The van der Waals surface area contributed by atoms with Crippen molar-refractivity contribution in [2.45, 2.75) is 39.8 Å². The summed E-state index contributed by atoms with van der Waals surface area (Å²) in [5.41, 5.74) is 2.71. The van der Waals surface area contributed by atoms with Crippen LogP contribution in [-0.4, -0.2) is 37.6 Å². The fourth-order valence-electron chi connectivity index (χ4n) is 2.52. The summed E-state index contributed by atoms with van der Waals surface area (Å²) in [6.07, 6.45) is 1.82. The molecule has 1 aliphatic rings. The van der Waals surface area contributed by atoms with Crippen LogP contribution in [0.15, 0.2) is 18.2 Å². The molecule has 0 bridgehead atoms. The largest absolute Gasteiger partial charge is 0.335 e. The first kappa shape index (κ1) is 17.7. The van der Waals surface area contributed by atoms with Gasteiger partial charge in [-0.15, -0.1) is 0 Å². The molecule has 0 unspecified atom stereocenters. The number of nitrogens with zero attached hydrogens (tertiary/aromatic N) is 1. The summed E-state index contributed by atoms with van der Waals surface area (Å²) in [6, 6.07) is 5.45. The molecule has 0 fully saturated rings. The summed E-state index contributed by atoms with van der Waals surface area (Å²) in [5, 5.41) is 5.80. The Morgan fingerprint density at radius 3 is 2.57 bits per heavy atom. The molecule has 128 valence electrons. The molecule has 0 saturated heterocycles. The molecule has 0 aliphatic carbocycles. The Bertz CT molecular complexity index is 686. The van der Waals surface area contributed by atoms with Gasteiger partial charge in [-0.25, -0.2) is 13.2 Å². The lowest BCUT2D eigenvalue weighted by Gasteiger charge is -2.28. The smallest absolute Gasteiger partial charge is 0.319 e. The summed E-state index contributed by atoms with van der Waals surface area (Å²) in [5.74, 6) is 0.355. The summed E-state index contributed by atoms with van der Waals surface area (Å²) in [7, 11) is -3.20. The molecule has 2 rings (SSSR count). The lowest BCUT2D eigenvalue weighted by molar-refractivity contribution is 0.246. The van der Waals surface area contributed by atoms with Gasteiger partial charge in [0.25, 0.3) is 0 Å². The number of carbonyl (C=O) groups is 1. The standard InChI is InChI=1S/C16H25N3O3S/c1-11(2)12(3)17-16(20)18-15-7-5-6-13-10-19(23(4,21)22)9-8-14(13)15/h5-7,11-12H,8-10H2,1-4H3,(H2,17,18,20)/t12-/m1/s1. The van der Waals surface area contributed by atoms with Crippen molar-refractivity contribution in [2.75, 3.05) is 18.1 Å². The zero-order chi connectivity index (χ0) is 17.2. The zero-order valence-electron chi connectivity index (χ0n) is 14.1. The SMILES string of the molecule is CC(C)[C@@H](C)NC(=O)Nc1cccc2c1CCN(S(C)(=O)=O)C2. The van der Waals surface area contributed by atoms with E-state index >= 15 is 0 Å². The van der Waals surface area contributed by atoms with E-state index in [4.69, 9.17) is 0 Å². The van der Waals surface area contributed by atoms with Crippen LogP contribution >= 0.6 is 0 Å². The predicted molar refractivity (Wildman–Crippen MR) is 91.9 cm³/mol. The van der Waals surface area contributed by atoms with Crippen LogP contribution in [0.1, 0.15) is 31.9 Å². The Kier molecular flexibility index (Phi) is 5.31. The van der Waals surface area contributed by atoms with E-state index in [-0.39, 0.29) is 12.1 Å². The van der Waals surface area contributed by atoms with Crippen LogP contribution in [-0.2, 0) is 23.0 Å². The molecule has 6 nitrogen and oxygen atoms in total. The highest BCUT2D eigenvalue weighted by atomic mass is 32.2. The molecule has 1 atom stereocenters.